The first-order valence-electron chi connectivity index (χ1n) is 7.46. The third-order valence-corrected chi connectivity index (χ3v) is 3.85. The Hall–Kier alpha value is -2.20. The average molecular weight is 310 g/mol. The Bertz CT molecular complexity index is 704. The zero-order valence-electron chi connectivity index (χ0n) is 13.3. The lowest BCUT2D eigenvalue weighted by Crippen LogP contribution is -2.08. The van der Waals surface area contributed by atoms with Gasteiger partial charge in [0, 0.05) is 5.56 Å². The van der Waals surface area contributed by atoms with Crippen molar-refractivity contribution < 1.29 is 14.9 Å². The lowest BCUT2D eigenvalue weighted by Gasteiger charge is -2.17. The van der Waals surface area contributed by atoms with Gasteiger partial charge < -0.3 is 14.9 Å². The Morgan fingerprint density at radius 3 is 2.35 bits per heavy atom. The van der Waals surface area contributed by atoms with Crippen LogP contribution in [-0.2, 0) is 18.0 Å². The van der Waals surface area contributed by atoms with Crippen LogP contribution in [0.15, 0.2) is 49.6 Å². The summed E-state index contributed by atoms with van der Waals surface area (Å²) in [6.45, 7) is 9.59. The molecule has 0 aliphatic carbocycles. The van der Waals surface area contributed by atoms with Gasteiger partial charge in [-0.05, 0) is 46.9 Å². The number of aliphatic hydroxyl groups is 2. The van der Waals surface area contributed by atoms with E-state index in [2.05, 4.69) is 13.2 Å². The molecule has 120 valence electrons. The van der Waals surface area contributed by atoms with Crippen molar-refractivity contribution in [2.75, 3.05) is 0 Å². The van der Waals surface area contributed by atoms with Gasteiger partial charge in [0.05, 0.1) is 13.2 Å². The zero-order valence-corrected chi connectivity index (χ0v) is 13.3. The van der Waals surface area contributed by atoms with Crippen LogP contribution in [0.1, 0.15) is 39.7 Å². The van der Waals surface area contributed by atoms with Gasteiger partial charge in [-0.1, -0.05) is 49.6 Å². The summed E-state index contributed by atoms with van der Waals surface area (Å²) in [5.41, 5.74) is 5.15. The maximum atomic E-state index is 10.3. The Morgan fingerprint density at radius 2 is 1.70 bits per heavy atom. The topological polar surface area (TPSA) is 49.7 Å². The largest absolute Gasteiger partial charge is 0.392 e. The molecule has 0 fully saturated rings. The summed E-state index contributed by atoms with van der Waals surface area (Å²) in [6, 6.07) is 11.4. The van der Waals surface area contributed by atoms with Crippen molar-refractivity contribution in [2.24, 2.45) is 0 Å². The van der Waals surface area contributed by atoms with E-state index in [0.717, 1.165) is 22.3 Å². The van der Waals surface area contributed by atoms with E-state index in [4.69, 9.17) is 4.74 Å². The first kappa shape index (κ1) is 17.2. The van der Waals surface area contributed by atoms with Crippen molar-refractivity contribution in [3.63, 3.8) is 0 Å². The van der Waals surface area contributed by atoms with Gasteiger partial charge in [0.1, 0.15) is 0 Å². The van der Waals surface area contributed by atoms with Crippen molar-refractivity contribution in [3.8, 4) is 0 Å². The molecule has 0 aromatic heterocycles. The molecule has 0 amide bonds. The summed E-state index contributed by atoms with van der Waals surface area (Å²) in [5, 5.41) is 19.8. The minimum Gasteiger partial charge on any atom is -0.392 e. The molecule has 0 aliphatic rings. The van der Waals surface area contributed by atoms with Gasteiger partial charge in [0.2, 0.25) is 0 Å². The Balaban J connectivity index is 2.18. The minimum absolute atomic E-state index is 0.155. The fourth-order valence-electron chi connectivity index (χ4n) is 2.35. The SMILES string of the molecule is C=Cc1ccc(C)c(COC(O)c2cc(C=C)ccc2CO)c1. The first-order valence-corrected chi connectivity index (χ1v) is 7.46. The molecule has 2 rings (SSSR count). The standard InChI is InChI=1S/C20H22O3/c1-4-15-7-6-14(3)18(10-15)13-23-20(22)19-11-16(5-2)8-9-17(19)12-21/h4-11,20-22H,1-2,12-13H2,3H3. The zero-order chi connectivity index (χ0) is 16.8. The molecule has 0 heterocycles. The van der Waals surface area contributed by atoms with Crippen LogP contribution in [0.5, 0.6) is 0 Å². The molecule has 0 saturated carbocycles. The van der Waals surface area contributed by atoms with Gasteiger partial charge in [-0.2, -0.15) is 0 Å². The van der Waals surface area contributed by atoms with Crippen molar-refractivity contribution >= 4 is 12.2 Å². The molecule has 2 aromatic carbocycles. The first-order chi connectivity index (χ1) is 11.1. The van der Waals surface area contributed by atoms with E-state index in [9.17, 15) is 10.2 Å². The monoisotopic (exact) mass is 310 g/mol. The number of ether oxygens (including phenoxy) is 1. The highest BCUT2D eigenvalue weighted by atomic mass is 16.6. The second-order valence-electron chi connectivity index (χ2n) is 5.37. The van der Waals surface area contributed by atoms with Crippen molar-refractivity contribution in [2.45, 2.75) is 26.4 Å². The fraction of sp³-hybridized carbons (Fsp3) is 0.200. The Morgan fingerprint density at radius 1 is 1.04 bits per heavy atom. The smallest absolute Gasteiger partial charge is 0.181 e. The lowest BCUT2D eigenvalue weighted by molar-refractivity contribution is -0.112. The van der Waals surface area contributed by atoms with Gasteiger partial charge in [-0.3, -0.25) is 0 Å². The van der Waals surface area contributed by atoms with Gasteiger partial charge in [0.25, 0.3) is 0 Å². The van der Waals surface area contributed by atoms with E-state index >= 15 is 0 Å². The molecule has 1 unspecified atom stereocenters. The van der Waals surface area contributed by atoms with Gasteiger partial charge in [0.15, 0.2) is 6.29 Å². The summed E-state index contributed by atoms with van der Waals surface area (Å²) in [7, 11) is 0. The van der Waals surface area contributed by atoms with Crippen molar-refractivity contribution in [1.29, 1.82) is 0 Å². The van der Waals surface area contributed by atoms with E-state index in [1.54, 1.807) is 24.3 Å². The molecule has 23 heavy (non-hydrogen) atoms. The van der Waals surface area contributed by atoms with Crippen LogP contribution in [0.4, 0.5) is 0 Å². The summed E-state index contributed by atoms with van der Waals surface area (Å²) >= 11 is 0. The quantitative estimate of drug-likeness (QED) is 0.761. The predicted molar refractivity (Wildman–Crippen MR) is 93.5 cm³/mol. The number of hydrogen-bond donors (Lipinski definition) is 2. The number of benzene rings is 2. The minimum atomic E-state index is -1.11. The van der Waals surface area contributed by atoms with E-state index in [0.29, 0.717) is 11.1 Å². The number of aliphatic hydroxyl groups excluding tert-OH is 2. The Labute approximate surface area is 137 Å². The molecule has 0 bridgehead atoms. The molecule has 0 spiro atoms. The molecule has 0 saturated heterocycles. The van der Waals surface area contributed by atoms with Crippen LogP contribution in [0.25, 0.3) is 12.2 Å². The van der Waals surface area contributed by atoms with E-state index in [-0.39, 0.29) is 13.2 Å². The number of rotatable bonds is 7. The summed E-state index contributed by atoms with van der Waals surface area (Å²) in [6.07, 6.45) is 2.36. The Kier molecular flexibility index (Phi) is 5.88. The average Bonchev–Trinajstić information content (AvgIpc) is 2.60. The third kappa shape index (κ3) is 4.17. The third-order valence-electron chi connectivity index (χ3n) is 3.85. The van der Waals surface area contributed by atoms with Crippen LogP contribution in [0, 0.1) is 6.92 Å². The molecule has 0 aliphatic heterocycles. The number of hydrogen-bond acceptors (Lipinski definition) is 3. The van der Waals surface area contributed by atoms with Gasteiger partial charge in [-0.25, -0.2) is 0 Å². The lowest BCUT2D eigenvalue weighted by atomic mass is 10.0. The van der Waals surface area contributed by atoms with Crippen molar-refractivity contribution in [3.05, 3.63) is 82.9 Å². The molecule has 2 aromatic rings. The normalized spacial score (nSPS) is 12.0. The molecule has 3 nitrogen and oxygen atoms in total. The van der Waals surface area contributed by atoms with Crippen molar-refractivity contribution in [1.82, 2.24) is 0 Å². The van der Waals surface area contributed by atoms with Crippen LogP contribution >= 0.6 is 0 Å². The van der Waals surface area contributed by atoms with Crippen LogP contribution in [-0.4, -0.2) is 10.2 Å². The van der Waals surface area contributed by atoms with Gasteiger partial charge in [-0.15, -0.1) is 0 Å². The highest BCUT2D eigenvalue weighted by Gasteiger charge is 2.14. The highest BCUT2D eigenvalue weighted by Crippen LogP contribution is 2.24. The fourth-order valence-corrected chi connectivity index (χ4v) is 2.35. The maximum absolute atomic E-state index is 10.3. The maximum Gasteiger partial charge on any atom is 0.181 e. The van der Waals surface area contributed by atoms with E-state index in [1.807, 2.05) is 31.2 Å². The predicted octanol–water partition coefficient (Wildman–Crippen LogP) is 3.98. The molecule has 1 atom stereocenters. The van der Waals surface area contributed by atoms with E-state index < -0.39 is 6.29 Å². The molecular formula is C20H22O3. The molecule has 2 N–H and O–H groups in total. The van der Waals surface area contributed by atoms with E-state index in [1.165, 1.54) is 0 Å². The van der Waals surface area contributed by atoms with Crippen LogP contribution in [0.2, 0.25) is 0 Å². The second kappa shape index (κ2) is 7.88. The van der Waals surface area contributed by atoms with Crippen LogP contribution < -0.4 is 0 Å². The van der Waals surface area contributed by atoms with Gasteiger partial charge >= 0.3 is 0 Å². The second-order valence-corrected chi connectivity index (χ2v) is 5.37. The summed E-state index contributed by atoms with van der Waals surface area (Å²) in [5.74, 6) is 0. The number of aryl methyl sites for hydroxylation is 1. The summed E-state index contributed by atoms with van der Waals surface area (Å²) < 4.78 is 5.61. The molecule has 0 radical (unpaired) electrons. The molecule has 3 heteroatoms. The summed E-state index contributed by atoms with van der Waals surface area (Å²) in [4.78, 5) is 0. The van der Waals surface area contributed by atoms with Crippen LogP contribution in [0.3, 0.4) is 0 Å². The highest BCUT2D eigenvalue weighted by molar-refractivity contribution is 5.50. The molecular weight excluding hydrogens is 288 g/mol.